The topological polar surface area (TPSA) is 117 Å². The van der Waals surface area contributed by atoms with Gasteiger partial charge in [0.2, 0.25) is 0 Å². The number of benzene rings is 1. The number of hydrogen-bond acceptors (Lipinski definition) is 7. The summed E-state index contributed by atoms with van der Waals surface area (Å²) in [5.74, 6) is 0.416. The van der Waals surface area contributed by atoms with Crippen LogP contribution in [0.15, 0.2) is 36.9 Å². The molecule has 9 heteroatoms. The molecule has 2 aromatic heterocycles. The van der Waals surface area contributed by atoms with Crippen LogP contribution in [0.1, 0.15) is 65.1 Å². The Labute approximate surface area is 210 Å². The van der Waals surface area contributed by atoms with Gasteiger partial charge in [-0.3, -0.25) is 9.88 Å². The first-order chi connectivity index (χ1) is 16.8. The first-order valence-electron chi connectivity index (χ1n) is 12.2. The maximum Gasteiger partial charge on any atom is 0.416 e. The molecule has 2 atom stereocenters. The molecule has 5 rings (SSSR count). The Balaban J connectivity index is 1.43. The molecule has 1 spiro atoms. The Kier molecular flexibility index (Phi) is 5.38. The molecule has 0 unspecified atom stereocenters. The van der Waals surface area contributed by atoms with E-state index in [0.717, 1.165) is 23.9 Å². The predicted molar refractivity (Wildman–Crippen MR) is 134 cm³/mol. The van der Waals surface area contributed by atoms with Gasteiger partial charge in [-0.05, 0) is 62.1 Å². The van der Waals surface area contributed by atoms with Gasteiger partial charge in [-0.15, -0.1) is 0 Å². The molecule has 0 bridgehead atoms. The standard InChI is InChI=1S/C27H32N6O3/c1-24(2)12-26(5,15-32-17-31-19-7-6-18(9-28)8-20(19)32)14-27(13-24)16-33(23(34)36-27)22-11-29-21(10-30-22)25(3,4)35/h6-8,10-11,17,35H,12-16H2,1-5H3/t26-,27+/m1/s1. The lowest BCUT2D eigenvalue weighted by Crippen LogP contribution is -2.50. The van der Waals surface area contributed by atoms with E-state index in [4.69, 9.17) is 4.74 Å². The molecule has 1 N–H and O–H groups in total. The summed E-state index contributed by atoms with van der Waals surface area (Å²) >= 11 is 0. The molecule has 1 aromatic carbocycles. The molecule has 2 fully saturated rings. The van der Waals surface area contributed by atoms with Gasteiger partial charge in [-0.2, -0.15) is 5.26 Å². The first kappa shape index (κ1) is 24.2. The number of carbonyl (C=O) groups excluding carboxylic acids is 1. The number of aromatic nitrogens is 4. The highest BCUT2D eigenvalue weighted by molar-refractivity contribution is 5.89. The number of nitrogens with zero attached hydrogens (tertiary/aromatic N) is 6. The molecule has 0 radical (unpaired) electrons. The second-order valence-corrected chi connectivity index (χ2v) is 12.1. The van der Waals surface area contributed by atoms with Crippen LogP contribution >= 0.6 is 0 Å². The highest BCUT2D eigenvalue weighted by atomic mass is 16.6. The van der Waals surface area contributed by atoms with Crippen LogP contribution in [0, 0.1) is 22.2 Å². The lowest BCUT2D eigenvalue weighted by Gasteiger charge is -2.50. The third-order valence-electron chi connectivity index (χ3n) is 7.27. The van der Waals surface area contributed by atoms with Crippen molar-refractivity contribution in [1.82, 2.24) is 19.5 Å². The number of rotatable bonds is 4. The Morgan fingerprint density at radius 3 is 2.58 bits per heavy atom. The zero-order valence-corrected chi connectivity index (χ0v) is 21.4. The summed E-state index contributed by atoms with van der Waals surface area (Å²) in [5.41, 5.74) is 0.823. The fourth-order valence-electron chi connectivity index (χ4n) is 6.53. The largest absolute Gasteiger partial charge is 0.441 e. The van der Waals surface area contributed by atoms with Crippen LogP contribution in [0.4, 0.5) is 10.6 Å². The molecule has 1 aliphatic carbocycles. The summed E-state index contributed by atoms with van der Waals surface area (Å²) in [6, 6.07) is 7.74. The number of amides is 1. The van der Waals surface area contributed by atoms with Gasteiger partial charge >= 0.3 is 6.09 Å². The Bertz CT molecular complexity index is 1370. The zero-order valence-electron chi connectivity index (χ0n) is 21.4. The van der Waals surface area contributed by atoms with Crippen LogP contribution in [0.2, 0.25) is 0 Å². The minimum absolute atomic E-state index is 0.0616. The van der Waals surface area contributed by atoms with Crippen molar-refractivity contribution < 1.29 is 14.6 Å². The van der Waals surface area contributed by atoms with Crippen molar-refractivity contribution in [2.45, 2.75) is 71.6 Å². The van der Waals surface area contributed by atoms with E-state index in [1.807, 2.05) is 18.5 Å². The maximum atomic E-state index is 13.1. The van der Waals surface area contributed by atoms with Crippen LogP contribution in [0.3, 0.4) is 0 Å². The van der Waals surface area contributed by atoms with E-state index in [2.05, 4.69) is 46.4 Å². The summed E-state index contributed by atoms with van der Waals surface area (Å²) in [7, 11) is 0. The van der Waals surface area contributed by atoms with E-state index in [1.165, 1.54) is 12.4 Å². The predicted octanol–water partition coefficient (Wildman–Crippen LogP) is 4.54. The van der Waals surface area contributed by atoms with Crippen molar-refractivity contribution in [1.29, 1.82) is 5.26 Å². The number of ether oxygens (including phenoxy) is 1. The molecule has 3 aromatic rings. The monoisotopic (exact) mass is 488 g/mol. The third-order valence-corrected chi connectivity index (χ3v) is 7.27. The van der Waals surface area contributed by atoms with Gasteiger partial charge in [0, 0.05) is 6.54 Å². The zero-order chi connectivity index (χ0) is 25.9. The lowest BCUT2D eigenvalue weighted by atomic mass is 9.58. The summed E-state index contributed by atoms with van der Waals surface area (Å²) in [6.45, 7) is 11.1. The maximum absolute atomic E-state index is 13.1. The van der Waals surface area contributed by atoms with Crippen molar-refractivity contribution in [2.24, 2.45) is 10.8 Å². The van der Waals surface area contributed by atoms with Gasteiger partial charge in [0.25, 0.3) is 0 Å². The quantitative estimate of drug-likeness (QED) is 0.573. The van der Waals surface area contributed by atoms with E-state index in [1.54, 1.807) is 24.8 Å². The lowest BCUT2D eigenvalue weighted by molar-refractivity contribution is -0.0747. The Morgan fingerprint density at radius 2 is 1.92 bits per heavy atom. The average molecular weight is 489 g/mol. The van der Waals surface area contributed by atoms with Gasteiger partial charge in [0.15, 0.2) is 5.82 Å². The van der Waals surface area contributed by atoms with E-state index >= 15 is 0 Å². The fourth-order valence-corrected chi connectivity index (χ4v) is 6.53. The number of imidazole rings is 1. The summed E-state index contributed by atoms with van der Waals surface area (Å²) in [5, 5.41) is 19.5. The number of nitriles is 1. The molecule has 1 aliphatic heterocycles. The molecule has 1 amide bonds. The van der Waals surface area contributed by atoms with E-state index in [9.17, 15) is 15.2 Å². The van der Waals surface area contributed by atoms with Crippen molar-refractivity contribution in [3.05, 3.63) is 48.2 Å². The van der Waals surface area contributed by atoms with Crippen LogP contribution in [0.5, 0.6) is 0 Å². The number of anilines is 1. The Morgan fingerprint density at radius 1 is 1.14 bits per heavy atom. The molecule has 36 heavy (non-hydrogen) atoms. The van der Waals surface area contributed by atoms with Crippen LogP contribution in [0.25, 0.3) is 11.0 Å². The van der Waals surface area contributed by atoms with E-state index in [0.29, 0.717) is 36.6 Å². The molecular weight excluding hydrogens is 456 g/mol. The van der Waals surface area contributed by atoms with E-state index in [-0.39, 0.29) is 10.8 Å². The second kappa shape index (κ2) is 8.00. The van der Waals surface area contributed by atoms with Crippen molar-refractivity contribution in [3.8, 4) is 6.07 Å². The smallest absolute Gasteiger partial charge is 0.416 e. The van der Waals surface area contributed by atoms with Crippen LogP contribution in [-0.4, -0.2) is 42.9 Å². The van der Waals surface area contributed by atoms with Crippen molar-refractivity contribution in [2.75, 3.05) is 11.4 Å². The van der Waals surface area contributed by atoms with Gasteiger partial charge < -0.3 is 14.4 Å². The molecule has 9 nitrogen and oxygen atoms in total. The molecule has 1 saturated heterocycles. The number of hydrogen-bond donors (Lipinski definition) is 1. The number of fused-ring (bicyclic) bond motifs is 1. The Hall–Kier alpha value is -3.51. The SMILES string of the molecule is CC1(C)C[C@@](C)(Cn2cnc3ccc(C#N)cc32)C[C@]2(CN(c3cnc(C(C)(C)O)cn3)C(=O)O2)C1. The van der Waals surface area contributed by atoms with Gasteiger partial charge in [0.05, 0.1) is 53.6 Å². The van der Waals surface area contributed by atoms with Crippen LogP contribution in [-0.2, 0) is 16.9 Å². The minimum Gasteiger partial charge on any atom is -0.441 e. The fraction of sp³-hybridized carbons (Fsp3) is 0.519. The average Bonchev–Trinajstić information content (AvgIpc) is 3.30. The number of aliphatic hydroxyl groups is 1. The minimum atomic E-state index is -1.11. The summed E-state index contributed by atoms with van der Waals surface area (Å²) in [6.07, 6.45) is 6.82. The first-order valence-corrected chi connectivity index (χ1v) is 12.2. The molecule has 2 aliphatic rings. The summed E-state index contributed by atoms with van der Waals surface area (Å²) in [4.78, 5) is 27.9. The van der Waals surface area contributed by atoms with Gasteiger partial charge in [-0.1, -0.05) is 20.8 Å². The third kappa shape index (κ3) is 4.42. The van der Waals surface area contributed by atoms with Crippen molar-refractivity contribution >= 4 is 22.9 Å². The molecule has 3 heterocycles. The highest BCUT2D eigenvalue weighted by Crippen LogP contribution is 2.54. The summed E-state index contributed by atoms with van der Waals surface area (Å²) < 4.78 is 8.24. The van der Waals surface area contributed by atoms with Gasteiger partial charge in [-0.25, -0.2) is 14.8 Å². The number of carbonyl (C=O) groups is 1. The molecule has 188 valence electrons. The molecular formula is C27H32N6O3. The normalized spacial score (nSPS) is 25.8. The van der Waals surface area contributed by atoms with E-state index < -0.39 is 17.3 Å². The second-order valence-electron chi connectivity index (χ2n) is 12.1. The highest BCUT2D eigenvalue weighted by Gasteiger charge is 2.56. The molecule has 1 saturated carbocycles. The van der Waals surface area contributed by atoms with Gasteiger partial charge in [0.1, 0.15) is 11.2 Å². The van der Waals surface area contributed by atoms with Crippen LogP contribution < -0.4 is 4.90 Å². The van der Waals surface area contributed by atoms with Crippen molar-refractivity contribution in [3.63, 3.8) is 0 Å².